The van der Waals surface area contributed by atoms with E-state index in [1.165, 1.54) is 54.8 Å². The Kier molecular flexibility index (Phi) is 31.7. The van der Waals surface area contributed by atoms with Crippen LogP contribution < -0.4 is 28.4 Å². The minimum Gasteiger partial charge on any atom is -0.455 e. The van der Waals surface area contributed by atoms with Crippen molar-refractivity contribution in [3.8, 4) is 34.5 Å². The van der Waals surface area contributed by atoms with E-state index in [0.29, 0.717) is 0 Å². The Morgan fingerprint density at radius 2 is 0.515 bits per heavy atom. The van der Waals surface area contributed by atoms with Crippen LogP contribution in [-0.4, -0.2) is 18.9 Å². The molecule has 12 rings (SSSR count). The van der Waals surface area contributed by atoms with Gasteiger partial charge < -0.3 is 28.4 Å². The van der Waals surface area contributed by atoms with Crippen molar-refractivity contribution < 1.29 is 28.4 Å². The molecule has 12 aromatic rings. The lowest BCUT2D eigenvalue weighted by molar-refractivity contribution is -0.0310. The van der Waals surface area contributed by atoms with Crippen molar-refractivity contribution in [1.29, 1.82) is 0 Å². The number of hydrogen-bond donors (Lipinski definition) is 0. The molecule has 0 radical (unpaired) electrons. The van der Waals surface area contributed by atoms with Gasteiger partial charge in [-0.3, -0.25) is 0 Å². The Hall–Kier alpha value is -2.94. The second-order valence-electron chi connectivity index (χ2n) is 22.0. The van der Waals surface area contributed by atoms with Crippen LogP contribution in [0.1, 0.15) is 34.1 Å². The summed E-state index contributed by atoms with van der Waals surface area (Å²) in [6.45, 7) is 8.27. The number of benzene rings is 12. The molecule has 0 aliphatic rings. The van der Waals surface area contributed by atoms with E-state index < -0.39 is 12.6 Å². The van der Waals surface area contributed by atoms with Crippen molar-refractivity contribution in [2.24, 2.45) is 5.92 Å². The lowest BCUT2D eigenvalue weighted by Gasteiger charge is -2.25. The summed E-state index contributed by atoms with van der Waals surface area (Å²) >= 11 is 21.0. The third kappa shape index (κ3) is 23.0. The average molecular weight is 2370 g/mol. The van der Waals surface area contributed by atoms with Crippen molar-refractivity contribution in [2.45, 2.75) is 97.0 Å². The molecule has 99 heavy (non-hydrogen) atoms. The molecule has 0 spiro atoms. The normalized spacial score (nSPS) is 12.0. The topological polar surface area (TPSA) is 55.4 Å². The van der Waals surface area contributed by atoms with E-state index in [9.17, 15) is 0 Å². The lowest BCUT2D eigenvalue weighted by atomic mass is 10.2. The number of hydrogen-bond acceptors (Lipinski definition) is 6. The Balaban J connectivity index is 0.000000161. The molecule has 0 saturated heterocycles. The Morgan fingerprint density at radius 3 is 0.798 bits per heavy atom. The summed E-state index contributed by atoms with van der Waals surface area (Å²) in [4.78, 5) is 11.3. The molecule has 0 heterocycles. The van der Waals surface area contributed by atoms with E-state index >= 15 is 0 Å². The highest BCUT2D eigenvalue weighted by molar-refractivity contribution is 14.1. The first-order chi connectivity index (χ1) is 48.0. The molecule has 0 bridgehead atoms. The third-order valence-corrected chi connectivity index (χ3v) is 27.7. The van der Waals surface area contributed by atoms with Crippen LogP contribution >= 0.6 is 203 Å². The molecule has 3 unspecified atom stereocenters. The first-order valence-electron chi connectivity index (χ1n) is 31.2. The van der Waals surface area contributed by atoms with Gasteiger partial charge in [-0.15, -0.1) is 0 Å². The zero-order valence-corrected chi connectivity index (χ0v) is 75.7. The van der Waals surface area contributed by atoms with Gasteiger partial charge >= 0.3 is 0 Å². The van der Waals surface area contributed by atoms with E-state index in [4.69, 9.17) is 28.4 Å². The first kappa shape index (κ1) is 78.6. The van der Waals surface area contributed by atoms with Crippen molar-refractivity contribution >= 4 is 236 Å². The van der Waals surface area contributed by atoms with Crippen LogP contribution in [0.3, 0.4) is 0 Å². The van der Waals surface area contributed by atoms with Gasteiger partial charge in [-0.2, -0.15) is 0 Å². The fourth-order valence-electron chi connectivity index (χ4n) is 9.91. The molecule has 6 nitrogen and oxygen atoms in total. The maximum Gasteiger partial charge on any atom is 0.243 e. The van der Waals surface area contributed by atoms with Crippen LogP contribution in [0, 0.1) is 38.0 Å². The second-order valence-corrected chi connectivity index (χ2v) is 38.8. The highest BCUT2D eigenvalue weighted by atomic mass is 127. The summed E-state index contributed by atoms with van der Waals surface area (Å²) in [5, 5.41) is 0. The quantitative estimate of drug-likeness (QED) is 0.0361. The van der Waals surface area contributed by atoms with Gasteiger partial charge in [0, 0.05) is 48.2 Å². The molecular formula is C81H66I9O6S3+3. The maximum absolute atomic E-state index is 6.46. The zero-order chi connectivity index (χ0) is 69.8. The second kappa shape index (κ2) is 40.0. The highest BCUT2D eigenvalue weighted by Gasteiger charge is 2.33. The van der Waals surface area contributed by atoms with Gasteiger partial charge in [0.25, 0.3) is 0 Å². The van der Waals surface area contributed by atoms with E-state index in [2.05, 4.69) is 497 Å². The third-order valence-electron chi connectivity index (χ3n) is 14.4. The largest absolute Gasteiger partial charge is 0.455 e. The van der Waals surface area contributed by atoms with Crippen LogP contribution in [0.15, 0.2) is 335 Å². The molecule has 0 aliphatic carbocycles. The van der Waals surface area contributed by atoms with Crippen LogP contribution in [-0.2, 0) is 32.7 Å². The number of rotatable bonds is 23. The standard InChI is InChI=1S/C28H24I3O2S.C27H22I3O2S.C26H20I3O2S/c1-19(2)28(33-27-25(30)16-20(29)17-26(27)31)32-21-10-9-15-24(18-21)34(22-11-5-3-6-12-22)23-13-7-4-8-14-23;1-2-26(32-27-24(29)16-19(28)17-25(27)30)31-20-10-9-15-23(18-20)33(21-11-5-3-6-12-21)22-13-7-4-8-14-22;1-18(31-26-24(28)15-19(27)16-25(26)29)30-20-9-8-14-23(17-20)32(21-10-4-2-5-11-21)22-12-6-3-7-13-22/h3-19,28H,1-2H3;3-18,26H,2H2,1H3;2-18H,1H3/q3*+1. The zero-order valence-electron chi connectivity index (χ0n) is 53.8. The van der Waals surface area contributed by atoms with Crippen LogP contribution in [0.2, 0.25) is 0 Å². The molecule has 0 fully saturated rings. The minimum atomic E-state index is -0.414. The fourth-order valence-corrected chi connectivity index (χ4v) is 27.8. The van der Waals surface area contributed by atoms with E-state index in [0.717, 1.165) is 62.3 Å². The molecule has 0 aromatic heterocycles. The van der Waals surface area contributed by atoms with Gasteiger partial charge in [-0.05, 0) is 349 Å². The van der Waals surface area contributed by atoms with Gasteiger partial charge in [0.2, 0.25) is 18.9 Å². The van der Waals surface area contributed by atoms with Crippen molar-refractivity contribution in [2.75, 3.05) is 0 Å². The van der Waals surface area contributed by atoms with Crippen molar-refractivity contribution in [3.05, 3.63) is 323 Å². The predicted octanol–water partition coefficient (Wildman–Crippen LogP) is 26.2. The highest BCUT2D eigenvalue weighted by Crippen LogP contribution is 2.39. The summed E-state index contributed by atoms with van der Waals surface area (Å²) in [5.74, 6) is 5.24. The average Bonchev–Trinajstić information content (AvgIpc) is 0.849. The maximum atomic E-state index is 6.46. The van der Waals surface area contributed by atoms with Gasteiger partial charge in [-0.1, -0.05) is 148 Å². The van der Waals surface area contributed by atoms with Crippen molar-refractivity contribution in [3.63, 3.8) is 0 Å². The molecule has 0 amide bonds. The molecule has 0 saturated carbocycles. The van der Waals surface area contributed by atoms with Crippen LogP contribution in [0.25, 0.3) is 0 Å². The van der Waals surface area contributed by atoms with Gasteiger partial charge in [-0.25, -0.2) is 0 Å². The molecular weight excluding hydrogens is 2310 g/mol. The van der Waals surface area contributed by atoms with Gasteiger partial charge in [0.15, 0.2) is 61.3 Å². The van der Waals surface area contributed by atoms with Crippen LogP contribution in [0.4, 0.5) is 0 Å². The predicted molar refractivity (Wildman–Crippen MR) is 484 cm³/mol. The lowest BCUT2D eigenvalue weighted by Crippen LogP contribution is -2.30. The van der Waals surface area contributed by atoms with Gasteiger partial charge in [0.1, 0.15) is 17.2 Å². The molecule has 0 N–H and O–H groups in total. The van der Waals surface area contributed by atoms with Gasteiger partial charge in [0.05, 0.1) is 54.1 Å². The smallest absolute Gasteiger partial charge is 0.243 e. The summed E-state index contributed by atoms with van der Waals surface area (Å²) in [5.41, 5.74) is 0. The summed E-state index contributed by atoms with van der Waals surface area (Å²) in [7, 11) is -0.648. The SMILES string of the molecule is CC(C)C(Oc1cccc([S+](c2ccccc2)c2ccccc2)c1)Oc1c(I)cc(I)cc1I.CC(Oc1cccc([S+](c2ccccc2)c2ccccc2)c1)Oc1c(I)cc(I)cc1I.CCC(Oc1cccc([S+](c2ccccc2)c2ccccc2)c1)Oc1c(I)cc(I)cc1I. The number of ether oxygens (including phenoxy) is 6. The van der Waals surface area contributed by atoms with E-state index in [1.807, 2.05) is 25.1 Å². The molecule has 18 heteroatoms. The minimum absolute atomic E-state index is 0.177. The van der Waals surface area contributed by atoms with Crippen molar-refractivity contribution in [1.82, 2.24) is 0 Å². The molecule has 3 atom stereocenters. The van der Waals surface area contributed by atoms with E-state index in [1.54, 1.807) is 0 Å². The monoisotopic (exact) mass is 2370 g/mol. The Bertz CT molecular complexity index is 4350. The summed E-state index contributed by atoms with van der Waals surface area (Å²) in [6, 6.07) is 102. The fraction of sp³-hybridized carbons (Fsp3) is 0.111. The summed E-state index contributed by atoms with van der Waals surface area (Å²) < 4.78 is 48.0. The van der Waals surface area contributed by atoms with E-state index in [-0.39, 0.29) is 44.9 Å². The molecule has 12 aromatic carbocycles. The van der Waals surface area contributed by atoms with Crippen LogP contribution in [0.5, 0.6) is 34.5 Å². The molecule has 504 valence electrons. The first-order valence-corrected chi connectivity index (χ1v) is 44.6. The summed E-state index contributed by atoms with van der Waals surface area (Å²) in [6.07, 6.45) is -0.432. The number of halogens is 9. The Labute approximate surface area is 714 Å². The Morgan fingerprint density at radius 1 is 0.263 bits per heavy atom. The molecule has 0 aliphatic heterocycles.